The zero-order valence-electron chi connectivity index (χ0n) is 11.6. The van der Waals surface area contributed by atoms with Crippen LogP contribution in [0.1, 0.15) is 28.6 Å². The molecule has 0 saturated heterocycles. The summed E-state index contributed by atoms with van der Waals surface area (Å²) in [7, 11) is 0. The maximum Gasteiger partial charge on any atom is 0.276 e. The minimum absolute atomic E-state index is 0.604. The predicted octanol–water partition coefficient (Wildman–Crippen LogP) is 2.87. The Morgan fingerprint density at radius 2 is 2.33 bits per heavy atom. The highest BCUT2D eigenvalue weighted by Crippen LogP contribution is 2.19. The summed E-state index contributed by atoms with van der Waals surface area (Å²) in [4.78, 5) is 4.39. The fraction of sp³-hybridized carbons (Fsp3) is 0.385. The van der Waals surface area contributed by atoms with Gasteiger partial charge in [-0.15, -0.1) is 21.5 Å². The van der Waals surface area contributed by atoms with Gasteiger partial charge in [-0.2, -0.15) is 5.10 Å². The number of nitrogens with one attached hydrogen (secondary N) is 1. The molecule has 3 aromatic rings. The standard InChI is InChI=1S/C13H15N5OS2/c1-9-16-11(8-21-9)5-12-17-18-13(19-12)20-4-2-3-10-6-14-15-7-10/h6-8H,2-5H2,1H3,(H,14,15). The molecule has 0 amide bonds. The van der Waals surface area contributed by atoms with E-state index in [1.165, 1.54) is 5.56 Å². The van der Waals surface area contributed by atoms with E-state index in [-0.39, 0.29) is 0 Å². The molecule has 3 heterocycles. The van der Waals surface area contributed by atoms with Gasteiger partial charge in [-0.3, -0.25) is 5.10 Å². The van der Waals surface area contributed by atoms with Gasteiger partial charge in [0, 0.05) is 17.3 Å². The van der Waals surface area contributed by atoms with E-state index in [1.54, 1.807) is 23.1 Å². The molecule has 0 aliphatic carbocycles. The molecule has 0 saturated carbocycles. The number of aromatic nitrogens is 5. The highest BCUT2D eigenvalue weighted by molar-refractivity contribution is 7.99. The van der Waals surface area contributed by atoms with E-state index in [0.717, 1.165) is 29.3 Å². The molecule has 0 aliphatic rings. The van der Waals surface area contributed by atoms with Crippen molar-refractivity contribution in [3.8, 4) is 0 Å². The lowest BCUT2D eigenvalue weighted by atomic mass is 10.2. The highest BCUT2D eigenvalue weighted by atomic mass is 32.2. The Kier molecular flexibility index (Phi) is 4.66. The molecule has 8 heteroatoms. The van der Waals surface area contributed by atoms with Gasteiger partial charge in [-0.1, -0.05) is 11.8 Å². The van der Waals surface area contributed by atoms with Gasteiger partial charge in [-0.05, 0) is 25.3 Å². The molecule has 6 nitrogen and oxygen atoms in total. The Bertz CT molecular complexity index is 676. The molecule has 0 spiro atoms. The molecule has 110 valence electrons. The van der Waals surface area contributed by atoms with Crippen molar-refractivity contribution >= 4 is 23.1 Å². The number of hydrogen-bond acceptors (Lipinski definition) is 7. The average molecular weight is 321 g/mol. The first-order chi connectivity index (χ1) is 10.3. The van der Waals surface area contributed by atoms with Crippen LogP contribution in [0.4, 0.5) is 0 Å². The molecule has 0 bridgehead atoms. The molecular formula is C13H15N5OS2. The summed E-state index contributed by atoms with van der Waals surface area (Å²) in [5, 5.41) is 18.6. The summed E-state index contributed by atoms with van der Waals surface area (Å²) in [6, 6.07) is 0. The number of thiazole rings is 1. The second-order valence-corrected chi connectivity index (χ2v) is 6.66. The lowest BCUT2D eigenvalue weighted by molar-refractivity contribution is 0.419. The van der Waals surface area contributed by atoms with Crippen molar-refractivity contribution in [1.82, 2.24) is 25.4 Å². The van der Waals surface area contributed by atoms with Crippen LogP contribution in [0.5, 0.6) is 0 Å². The first-order valence-corrected chi connectivity index (χ1v) is 8.50. The van der Waals surface area contributed by atoms with E-state index in [9.17, 15) is 0 Å². The van der Waals surface area contributed by atoms with E-state index in [4.69, 9.17) is 4.42 Å². The topological polar surface area (TPSA) is 80.5 Å². The number of hydrogen-bond donors (Lipinski definition) is 1. The Balaban J connectivity index is 1.44. The van der Waals surface area contributed by atoms with E-state index >= 15 is 0 Å². The van der Waals surface area contributed by atoms with Gasteiger partial charge in [0.1, 0.15) is 0 Å². The van der Waals surface area contributed by atoms with Crippen LogP contribution in [0.15, 0.2) is 27.4 Å². The Hall–Kier alpha value is -1.67. The van der Waals surface area contributed by atoms with Gasteiger partial charge in [0.2, 0.25) is 5.89 Å². The Labute approximate surface area is 130 Å². The summed E-state index contributed by atoms with van der Waals surface area (Å²) >= 11 is 3.22. The van der Waals surface area contributed by atoms with Gasteiger partial charge in [0.05, 0.1) is 23.3 Å². The first kappa shape index (κ1) is 14.3. The minimum Gasteiger partial charge on any atom is -0.416 e. The van der Waals surface area contributed by atoms with Crippen LogP contribution in [0.25, 0.3) is 0 Å². The third kappa shape index (κ3) is 4.15. The van der Waals surface area contributed by atoms with Crippen LogP contribution >= 0.6 is 23.1 Å². The van der Waals surface area contributed by atoms with E-state index in [0.29, 0.717) is 17.5 Å². The van der Waals surface area contributed by atoms with Crippen molar-refractivity contribution in [1.29, 1.82) is 0 Å². The van der Waals surface area contributed by atoms with Gasteiger partial charge in [-0.25, -0.2) is 4.98 Å². The second kappa shape index (κ2) is 6.86. The van der Waals surface area contributed by atoms with Crippen molar-refractivity contribution in [3.63, 3.8) is 0 Å². The van der Waals surface area contributed by atoms with Crippen molar-refractivity contribution in [3.05, 3.63) is 39.9 Å². The van der Waals surface area contributed by atoms with Crippen molar-refractivity contribution < 1.29 is 4.42 Å². The van der Waals surface area contributed by atoms with Crippen molar-refractivity contribution in [2.24, 2.45) is 0 Å². The SMILES string of the molecule is Cc1nc(Cc2nnc(SCCCc3cn[nH]c3)o2)cs1. The number of rotatable bonds is 7. The summed E-state index contributed by atoms with van der Waals surface area (Å²) in [6.45, 7) is 1.99. The lowest BCUT2D eigenvalue weighted by Gasteiger charge is -1.95. The monoisotopic (exact) mass is 321 g/mol. The fourth-order valence-electron chi connectivity index (χ4n) is 1.86. The zero-order chi connectivity index (χ0) is 14.5. The summed E-state index contributed by atoms with van der Waals surface area (Å²) in [5.74, 6) is 1.57. The lowest BCUT2D eigenvalue weighted by Crippen LogP contribution is -1.88. The summed E-state index contributed by atoms with van der Waals surface area (Å²) in [5.41, 5.74) is 2.21. The van der Waals surface area contributed by atoms with Crippen molar-refractivity contribution in [2.75, 3.05) is 5.75 Å². The number of nitrogens with zero attached hydrogens (tertiary/aromatic N) is 4. The minimum atomic E-state index is 0.604. The van der Waals surface area contributed by atoms with Crippen LogP contribution in [0.3, 0.4) is 0 Å². The molecule has 0 radical (unpaired) electrons. The number of aromatic amines is 1. The first-order valence-electron chi connectivity index (χ1n) is 6.63. The normalized spacial score (nSPS) is 11.1. The Morgan fingerprint density at radius 3 is 3.10 bits per heavy atom. The quantitative estimate of drug-likeness (QED) is 0.532. The maximum absolute atomic E-state index is 5.62. The van der Waals surface area contributed by atoms with Crippen molar-refractivity contribution in [2.45, 2.75) is 31.4 Å². The molecule has 0 fully saturated rings. The largest absolute Gasteiger partial charge is 0.416 e. The third-order valence-corrected chi connectivity index (χ3v) is 4.56. The average Bonchev–Trinajstić information content (AvgIpc) is 3.19. The zero-order valence-corrected chi connectivity index (χ0v) is 13.2. The highest BCUT2D eigenvalue weighted by Gasteiger charge is 2.09. The van der Waals surface area contributed by atoms with Crippen LogP contribution < -0.4 is 0 Å². The fourth-order valence-corrected chi connectivity index (χ4v) is 3.19. The summed E-state index contributed by atoms with van der Waals surface area (Å²) < 4.78 is 5.62. The van der Waals surface area contributed by atoms with E-state index in [1.807, 2.05) is 24.7 Å². The van der Waals surface area contributed by atoms with Gasteiger partial charge in [0.15, 0.2) is 0 Å². The molecule has 0 atom stereocenters. The van der Waals surface area contributed by atoms with Gasteiger partial charge in [0.25, 0.3) is 5.22 Å². The van der Waals surface area contributed by atoms with E-state index < -0.39 is 0 Å². The molecule has 1 N–H and O–H groups in total. The Morgan fingerprint density at radius 1 is 1.38 bits per heavy atom. The van der Waals surface area contributed by atoms with Crippen LogP contribution in [0, 0.1) is 6.92 Å². The number of aryl methyl sites for hydroxylation is 2. The van der Waals surface area contributed by atoms with Crippen LogP contribution in [-0.4, -0.2) is 31.1 Å². The van der Waals surface area contributed by atoms with Crippen LogP contribution in [0.2, 0.25) is 0 Å². The van der Waals surface area contributed by atoms with E-state index in [2.05, 4.69) is 25.4 Å². The molecule has 0 aromatic carbocycles. The van der Waals surface area contributed by atoms with Gasteiger partial charge >= 0.3 is 0 Å². The van der Waals surface area contributed by atoms with Crippen LogP contribution in [-0.2, 0) is 12.8 Å². The molecule has 3 aromatic heterocycles. The predicted molar refractivity (Wildman–Crippen MR) is 81.6 cm³/mol. The third-order valence-electron chi connectivity index (χ3n) is 2.84. The molecule has 0 unspecified atom stereocenters. The smallest absolute Gasteiger partial charge is 0.276 e. The van der Waals surface area contributed by atoms with Gasteiger partial charge < -0.3 is 4.42 Å². The maximum atomic E-state index is 5.62. The number of H-pyrrole nitrogens is 1. The molecule has 0 aliphatic heterocycles. The molecular weight excluding hydrogens is 306 g/mol. The number of thioether (sulfide) groups is 1. The molecule has 21 heavy (non-hydrogen) atoms. The summed E-state index contributed by atoms with van der Waals surface area (Å²) in [6.07, 6.45) is 6.43. The second-order valence-electron chi connectivity index (χ2n) is 4.55. The molecule has 3 rings (SSSR count).